The second-order valence-corrected chi connectivity index (χ2v) is 6.93. The lowest BCUT2D eigenvalue weighted by molar-refractivity contribution is -0.124. The zero-order valence-electron chi connectivity index (χ0n) is 15.7. The van der Waals surface area contributed by atoms with Crippen molar-refractivity contribution >= 4 is 22.7 Å². The molecule has 0 fully saturated rings. The van der Waals surface area contributed by atoms with Crippen LogP contribution in [0.25, 0.3) is 11.0 Å². The molecule has 25 heavy (non-hydrogen) atoms. The highest BCUT2D eigenvalue weighted by molar-refractivity contribution is 5.83. The first-order valence-electron chi connectivity index (χ1n) is 9.15. The maximum atomic E-state index is 11.9. The SMILES string of the molecule is CC(=O)C(C)n1c(CCCCCNC(=O)C(C)C)nc2ccccc21. The number of benzene rings is 1. The molecule has 1 aromatic heterocycles. The number of aromatic nitrogens is 2. The lowest BCUT2D eigenvalue weighted by Crippen LogP contribution is -2.28. The van der Waals surface area contributed by atoms with E-state index < -0.39 is 0 Å². The Morgan fingerprint density at radius 3 is 2.52 bits per heavy atom. The first-order valence-corrected chi connectivity index (χ1v) is 9.15. The van der Waals surface area contributed by atoms with Crippen molar-refractivity contribution in [1.29, 1.82) is 0 Å². The molecule has 0 saturated carbocycles. The summed E-state index contributed by atoms with van der Waals surface area (Å²) in [5, 5.41) is 2.94. The topological polar surface area (TPSA) is 64.0 Å². The van der Waals surface area contributed by atoms with Gasteiger partial charge in [0.15, 0.2) is 5.78 Å². The van der Waals surface area contributed by atoms with Gasteiger partial charge >= 0.3 is 0 Å². The minimum atomic E-state index is -0.201. The minimum absolute atomic E-state index is 0.0352. The Morgan fingerprint density at radius 1 is 1.12 bits per heavy atom. The molecule has 1 unspecified atom stereocenters. The number of carbonyl (C=O) groups excluding carboxylic acids is 2. The summed E-state index contributed by atoms with van der Waals surface area (Å²) in [6, 6.07) is 7.76. The van der Waals surface area contributed by atoms with E-state index in [0.29, 0.717) is 0 Å². The maximum Gasteiger partial charge on any atom is 0.222 e. The molecular formula is C20H29N3O2. The smallest absolute Gasteiger partial charge is 0.222 e. The van der Waals surface area contributed by atoms with Crippen molar-refractivity contribution in [2.24, 2.45) is 5.92 Å². The number of Topliss-reactive ketones (excluding diaryl/α,β-unsaturated/α-hetero) is 1. The number of fused-ring (bicyclic) bond motifs is 1. The van der Waals surface area contributed by atoms with Crippen LogP contribution in [0.3, 0.4) is 0 Å². The van der Waals surface area contributed by atoms with Crippen molar-refractivity contribution in [3.05, 3.63) is 30.1 Å². The molecule has 0 aliphatic heterocycles. The molecule has 2 aromatic rings. The molecule has 5 heteroatoms. The first kappa shape index (κ1) is 19.2. The van der Waals surface area contributed by atoms with Gasteiger partial charge in [0, 0.05) is 18.9 Å². The Morgan fingerprint density at radius 2 is 1.84 bits per heavy atom. The van der Waals surface area contributed by atoms with E-state index in [2.05, 4.69) is 9.88 Å². The summed E-state index contributed by atoms with van der Waals surface area (Å²) >= 11 is 0. The summed E-state index contributed by atoms with van der Waals surface area (Å²) in [5.74, 6) is 1.25. The van der Waals surface area contributed by atoms with Gasteiger partial charge in [0.25, 0.3) is 0 Å². The molecule has 1 atom stereocenters. The molecule has 1 amide bonds. The summed E-state index contributed by atoms with van der Waals surface area (Å²) in [7, 11) is 0. The van der Waals surface area contributed by atoms with E-state index in [1.165, 1.54) is 0 Å². The summed E-state index contributed by atoms with van der Waals surface area (Å²) in [4.78, 5) is 28.1. The maximum absolute atomic E-state index is 11.9. The number of carbonyl (C=O) groups is 2. The van der Waals surface area contributed by atoms with Gasteiger partial charge in [-0.05, 0) is 38.8 Å². The van der Waals surface area contributed by atoms with Crippen LogP contribution in [0.15, 0.2) is 24.3 Å². The summed E-state index contributed by atoms with van der Waals surface area (Å²) in [6.45, 7) is 8.07. The average molecular weight is 343 g/mol. The first-order chi connectivity index (χ1) is 11.9. The predicted molar refractivity (Wildman–Crippen MR) is 101 cm³/mol. The quantitative estimate of drug-likeness (QED) is 0.707. The van der Waals surface area contributed by atoms with Crippen LogP contribution in [-0.2, 0) is 16.0 Å². The van der Waals surface area contributed by atoms with Crippen molar-refractivity contribution in [3.63, 3.8) is 0 Å². The van der Waals surface area contributed by atoms with Crippen molar-refractivity contribution in [2.75, 3.05) is 6.54 Å². The van der Waals surface area contributed by atoms with E-state index in [4.69, 9.17) is 4.98 Å². The molecular weight excluding hydrogens is 314 g/mol. The number of hydrogen-bond donors (Lipinski definition) is 1. The third-order valence-corrected chi connectivity index (χ3v) is 4.55. The second-order valence-electron chi connectivity index (χ2n) is 6.93. The Bertz CT molecular complexity index is 734. The molecule has 0 radical (unpaired) electrons. The zero-order chi connectivity index (χ0) is 18.4. The van der Waals surface area contributed by atoms with Crippen LogP contribution in [0, 0.1) is 5.92 Å². The van der Waals surface area contributed by atoms with Gasteiger partial charge in [0.1, 0.15) is 5.82 Å². The van der Waals surface area contributed by atoms with Gasteiger partial charge < -0.3 is 9.88 Å². The van der Waals surface area contributed by atoms with Gasteiger partial charge in [-0.15, -0.1) is 0 Å². The second kappa shape index (κ2) is 8.79. The third kappa shape index (κ3) is 4.91. The van der Waals surface area contributed by atoms with E-state index in [1.54, 1.807) is 6.92 Å². The number of imidazole rings is 1. The molecule has 136 valence electrons. The number of ketones is 1. The zero-order valence-corrected chi connectivity index (χ0v) is 15.7. The highest BCUT2D eigenvalue weighted by Crippen LogP contribution is 2.23. The number of nitrogens with zero attached hydrogens (tertiary/aromatic N) is 2. The summed E-state index contributed by atoms with van der Waals surface area (Å²) in [6.07, 6.45) is 3.81. The molecule has 5 nitrogen and oxygen atoms in total. The Labute approximate surface area is 149 Å². The van der Waals surface area contributed by atoms with Crippen LogP contribution in [0.5, 0.6) is 0 Å². The molecule has 1 aromatic carbocycles. The standard InChI is InChI=1S/C20H29N3O2/c1-14(2)20(25)21-13-9-5-6-12-19-22-17-10-7-8-11-18(17)23(19)15(3)16(4)24/h7-8,10-11,14-15H,5-6,9,12-13H2,1-4H3,(H,21,25). The molecule has 0 spiro atoms. The van der Waals surface area contributed by atoms with Crippen molar-refractivity contribution in [3.8, 4) is 0 Å². The van der Waals surface area contributed by atoms with Crippen LogP contribution in [0.4, 0.5) is 0 Å². The van der Waals surface area contributed by atoms with Gasteiger partial charge in [-0.25, -0.2) is 4.98 Å². The molecule has 1 N–H and O–H groups in total. The fourth-order valence-electron chi connectivity index (χ4n) is 2.89. The average Bonchev–Trinajstić information content (AvgIpc) is 2.94. The van der Waals surface area contributed by atoms with Gasteiger partial charge in [0.05, 0.1) is 17.1 Å². The van der Waals surface area contributed by atoms with E-state index in [0.717, 1.165) is 49.1 Å². The largest absolute Gasteiger partial charge is 0.356 e. The molecule has 1 heterocycles. The van der Waals surface area contributed by atoms with Crippen LogP contribution < -0.4 is 5.32 Å². The van der Waals surface area contributed by atoms with E-state index in [9.17, 15) is 9.59 Å². The van der Waals surface area contributed by atoms with E-state index >= 15 is 0 Å². The van der Waals surface area contributed by atoms with Crippen LogP contribution in [-0.4, -0.2) is 27.8 Å². The van der Waals surface area contributed by atoms with Gasteiger partial charge in [-0.1, -0.05) is 32.4 Å². The van der Waals surface area contributed by atoms with Gasteiger partial charge in [-0.2, -0.15) is 0 Å². The number of amides is 1. The van der Waals surface area contributed by atoms with Crippen molar-refractivity contribution < 1.29 is 9.59 Å². The molecule has 0 aliphatic carbocycles. The number of hydrogen-bond acceptors (Lipinski definition) is 3. The Balaban J connectivity index is 1.95. The fourth-order valence-corrected chi connectivity index (χ4v) is 2.89. The monoisotopic (exact) mass is 343 g/mol. The van der Waals surface area contributed by atoms with Crippen LogP contribution in [0.1, 0.15) is 58.8 Å². The van der Waals surface area contributed by atoms with Gasteiger partial charge in [0.2, 0.25) is 5.91 Å². The molecule has 2 rings (SSSR count). The summed E-state index contributed by atoms with van der Waals surface area (Å²) in [5.41, 5.74) is 1.96. The predicted octanol–water partition coefficient (Wildman–Crippen LogP) is 3.67. The lowest BCUT2D eigenvalue weighted by Gasteiger charge is -2.15. The normalized spacial score (nSPS) is 12.5. The molecule has 0 bridgehead atoms. The number of para-hydroxylation sites is 2. The number of aryl methyl sites for hydroxylation is 1. The summed E-state index contributed by atoms with van der Waals surface area (Å²) < 4.78 is 2.07. The number of unbranched alkanes of at least 4 members (excludes halogenated alkanes) is 2. The molecule has 0 saturated heterocycles. The van der Waals surface area contributed by atoms with E-state index in [1.807, 2.05) is 45.0 Å². The van der Waals surface area contributed by atoms with Crippen molar-refractivity contribution in [2.45, 2.75) is 59.4 Å². The van der Waals surface area contributed by atoms with Crippen LogP contribution in [0.2, 0.25) is 0 Å². The minimum Gasteiger partial charge on any atom is -0.356 e. The lowest BCUT2D eigenvalue weighted by atomic mass is 10.1. The number of nitrogens with one attached hydrogen (secondary N) is 1. The highest BCUT2D eigenvalue weighted by Gasteiger charge is 2.18. The third-order valence-electron chi connectivity index (χ3n) is 4.55. The number of rotatable bonds is 9. The van der Waals surface area contributed by atoms with Crippen molar-refractivity contribution in [1.82, 2.24) is 14.9 Å². The van der Waals surface area contributed by atoms with E-state index in [-0.39, 0.29) is 23.7 Å². The van der Waals surface area contributed by atoms with Crippen LogP contribution >= 0.6 is 0 Å². The highest BCUT2D eigenvalue weighted by atomic mass is 16.1. The Kier molecular flexibility index (Phi) is 6.73. The fraction of sp³-hybridized carbons (Fsp3) is 0.550. The van der Waals surface area contributed by atoms with Gasteiger partial charge in [-0.3, -0.25) is 9.59 Å². The Hall–Kier alpha value is -2.17. The molecule has 0 aliphatic rings.